The van der Waals surface area contributed by atoms with Crippen LogP contribution in [-0.4, -0.2) is 30.8 Å². The van der Waals surface area contributed by atoms with Gasteiger partial charge < -0.3 is 10.1 Å². The van der Waals surface area contributed by atoms with E-state index in [0.29, 0.717) is 6.04 Å². The molecule has 0 aliphatic carbocycles. The molecule has 1 N–H and O–H groups in total. The van der Waals surface area contributed by atoms with E-state index in [1.54, 1.807) is 18.4 Å². The molecule has 3 nitrogen and oxygen atoms in total. The Morgan fingerprint density at radius 1 is 1.56 bits per heavy atom. The Balaban J connectivity index is 2.55. The second-order valence-electron chi connectivity index (χ2n) is 4.06. The van der Waals surface area contributed by atoms with Crippen molar-refractivity contribution >= 4 is 11.3 Å². The van der Waals surface area contributed by atoms with Crippen molar-refractivity contribution in [3.8, 4) is 0 Å². The Morgan fingerprint density at radius 2 is 2.31 bits per heavy atom. The lowest BCUT2D eigenvalue weighted by Gasteiger charge is -2.23. The molecule has 0 amide bonds. The molecule has 1 rings (SSSR count). The summed E-state index contributed by atoms with van der Waals surface area (Å²) < 4.78 is 5.40. The highest BCUT2D eigenvalue weighted by Gasteiger charge is 2.17. The highest BCUT2D eigenvalue weighted by Crippen LogP contribution is 2.12. The summed E-state index contributed by atoms with van der Waals surface area (Å²) in [4.78, 5) is 4.50. The first kappa shape index (κ1) is 13.6. The van der Waals surface area contributed by atoms with Gasteiger partial charge in [0.15, 0.2) is 0 Å². The Morgan fingerprint density at radius 3 is 2.81 bits per heavy atom. The molecule has 4 heteroatoms. The van der Waals surface area contributed by atoms with Crippen LogP contribution < -0.4 is 5.32 Å². The maximum absolute atomic E-state index is 5.40. The molecular weight excluding hydrogens is 220 g/mol. The van der Waals surface area contributed by atoms with Crippen LogP contribution in [0.4, 0.5) is 0 Å². The molecule has 0 aliphatic heterocycles. The number of hydrogen-bond acceptors (Lipinski definition) is 4. The molecule has 1 aromatic heterocycles. The van der Waals surface area contributed by atoms with Crippen LogP contribution in [0.3, 0.4) is 0 Å². The first-order valence-corrected chi connectivity index (χ1v) is 6.72. The number of nitrogens with zero attached hydrogens (tertiary/aromatic N) is 1. The summed E-state index contributed by atoms with van der Waals surface area (Å²) in [5.74, 6) is 0. The van der Waals surface area contributed by atoms with Gasteiger partial charge in [0.2, 0.25) is 0 Å². The summed E-state index contributed by atoms with van der Waals surface area (Å²) in [5, 5.41) is 6.79. The highest BCUT2D eigenvalue weighted by atomic mass is 32.1. The average molecular weight is 242 g/mol. The highest BCUT2D eigenvalue weighted by molar-refractivity contribution is 7.09. The number of hydrogen-bond donors (Lipinski definition) is 1. The molecule has 0 spiro atoms. The summed E-state index contributed by atoms with van der Waals surface area (Å²) in [6, 6.07) is 0.353. The third-order valence-electron chi connectivity index (χ3n) is 2.69. The zero-order chi connectivity index (χ0) is 12.0. The van der Waals surface area contributed by atoms with Crippen LogP contribution in [0.5, 0.6) is 0 Å². The van der Waals surface area contributed by atoms with Crippen molar-refractivity contribution in [3.63, 3.8) is 0 Å². The molecule has 2 atom stereocenters. The Kier molecular flexibility index (Phi) is 5.95. The fourth-order valence-corrected chi connectivity index (χ4v) is 2.25. The zero-order valence-corrected chi connectivity index (χ0v) is 11.4. The van der Waals surface area contributed by atoms with Crippen LogP contribution in [0.15, 0.2) is 5.38 Å². The van der Waals surface area contributed by atoms with Gasteiger partial charge in [0, 0.05) is 25.0 Å². The molecule has 16 heavy (non-hydrogen) atoms. The summed E-state index contributed by atoms with van der Waals surface area (Å²) >= 11 is 1.71. The topological polar surface area (TPSA) is 34.2 Å². The van der Waals surface area contributed by atoms with Gasteiger partial charge >= 0.3 is 0 Å². The zero-order valence-electron chi connectivity index (χ0n) is 10.6. The monoisotopic (exact) mass is 242 g/mol. The lowest BCUT2D eigenvalue weighted by molar-refractivity contribution is 0.0828. The summed E-state index contributed by atoms with van der Waals surface area (Å²) in [5.41, 5.74) is 1.17. The van der Waals surface area contributed by atoms with E-state index in [1.807, 2.05) is 6.92 Å². The molecule has 0 radical (unpaired) electrons. The number of thiazole rings is 1. The maximum Gasteiger partial charge on any atom is 0.0897 e. The number of aryl methyl sites for hydroxylation is 1. The standard InChI is InChI=1S/C12H22N2OS/c1-5-6-13-12(9(2)15-4)7-11-8-16-10(3)14-11/h8-9,12-13H,5-7H2,1-4H3. The van der Waals surface area contributed by atoms with E-state index >= 15 is 0 Å². The van der Waals surface area contributed by atoms with Crippen LogP contribution >= 0.6 is 11.3 Å². The third-order valence-corrected chi connectivity index (χ3v) is 3.51. The number of nitrogens with one attached hydrogen (secondary N) is 1. The second kappa shape index (κ2) is 6.99. The van der Waals surface area contributed by atoms with E-state index in [-0.39, 0.29) is 6.10 Å². The molecule has 0 aromatic carbocycles. The molecule has 0 saturated heterocycles. The van der Waals surface area contributed by atoms with Crippen molar-refractivity contribution < 1.29 is 4.74 Å². The fourth-order valence-electron chi connectivity index (χ4n) is 1.63. The second-order valence-corrected chi connectivity index (χ2v) is 5.13. The van der Waals surface area contributed by atoms with Gasteiger partial charge in [0.25, 0.3) is 0 Å². The summed E-state index contributed by atoms with van der Waals surface area (Å²) in [7, 11) is 1.76. The summed E-state index contributed by atoms with van der Waals surface area (Å²) in [6.45, 7) is 7.35. The van der Waals surface area contributed by atoms with E-state index in [1.165, 1.54) is 5.69 Å². The molecule has 1 heterocycles. The average Bonchev–Trinajstić information content (AvgIpc) is 2.69. The van der Waals surface area contributed by atoms with Crippen LogP contribution in [0.25, 0.3) is 0 Å². The van der Waals surface area contributed by atoms with Gasteiger partial charge in [-0.25, -0.2) is 4.98 Å². The van der Waals surface area contributed by atoms with Gasteiger partial charge in [-0.15, -0.1) is 11.3 Å². The van der Waals surface area contributed by atoms with Gasteiger partial charge in [0.1, 0.15) is 0 Å². The normalized spacial score (nSPS) is 15.0. The van der Waals surface area contributed by atoms with Crippen LogP contribution in [0.1, 0.15) is 31.0 Å². The van der Waals surface area contributed by atoms with Gasteiger partial charge in [-0.3, -0.25) is 0 Å². The predicted molar refractivity (Wildman–Crippen MR) is 69.1 cm³/mol. The predicted octanol–water partition coefficient (Wildman–Crippen LogP) is 2.40. The molecule has 2 unspecified atom stereocenters. The number of ether oxygens (including phenoxy) is 1. The first-order valence-electron chi connectivity index (χ1n) is 5.84. The van der Waals surface area contributed by atoms with E-state index in [0.717, 1.165) is 24.4 Å². The van der Waals surface area contributed by atoms with Crippen molar-refractivity contribution in [1.82, 2.24) is 10.3 Å². The van der Waals surface area contributed by atoms with E-state index in [9.17, 15) is 0 Å². The molecule has 0 bridgehead atoms. The Bertz CT molecular complexity index is 301. The minimum atomic E-state index is 0.216. The SMILES string of the molecule is CCCNC(Cc1csc(C)n1)C(C)OC. The van der Waals surface area contributed by atoms with Crippen molar-refractivity contribution in [1.29, 1.82) is 0 Å². The van der Waals surface area contributed by atoms with Crippen molar-refractivity contribution in [2.24, 2.45) is 0 Å². The van der Waals surface area contributed by atoms with Gasteiger partial charge in [0.05, 0.1) is 16.8 Å². The molecule has 92 valence electrons. The maximum atomic E-state index is 5.40. The minimum Gasteiger partial charge on any atom is -0.380 e. The van der Waals surface area contributed by atoms with Crippen LogP contribution in [0, 0.1) is 6.92 Å². The number of aromatic nitrogens is 1. The van der Waals surface area contributed by atoms with Gasteiger partial charge in [-0.1, -0.05) is 6.92 Å². The van der Waals surface area contributed by atoms with E-state index in [2.05, 4.69) is 29.5 Å². The van der Waals surface area contributed by atoms with Gasteiger partial charge in [-0.05, 0) is 26.8 Å². The Labute approximate surface area is 102 Å². The molecule has 0 saturated carbocycles. The Hall–Kier alpha value is -0.450. The summed E-state index contributed by atoms with van der Waals surface area (Å²) in [6.07, 6.45) is 2.30. The molecular formula is C12H22N2OS. The quantitative estimate of drug-likeness (QED) is 0.797. The first-order chi connectivity index (χ1) is 7.67. The number of methoxy groups -OCH3 is 1. The smallest absolute Gasteiger partial charge is 0.0897 e. The largest absolute Gasteiger partial charge is 0.380 e. The van der Waals surface area contributed by atoms with E-state index < -0.39 is 0 Å². The van der Waals surface area contributed by atoms with Crippen molar-refractivity contribution in [2.45, 2.75) is 45.8 Å². The van der Waals surface area contributed by atoms with Crippen molar-refractivity contribution in [3.05, 3.63) is 16.1 Å². The van der Waals surface area contributed by atoms with Crippen molar-refractivity contribution in [2.75, 3.05) is 13.7 Å². The third kappa shape index (κ3) is 4.20. The molecule has 0 aliphatic rings. The van der Waals surface area contributed by atoms with Gasteiger partial charge in [-0.2, -0.15) is 0 Å². The molecule has 0 fully saturated rings. The van der Waals surface area contributed by atoms with Crippen LogP contribution in [-0.2, 0) is 11.2 Å². The molecule has 1 aromatic rings. The van der Waals surface area contributed by atoms with Crippen LogP contribution in [0.2, 0.25) is 0 Å². The lowest BCUT2D eigenvalue weighted by atomic mass is 10.1. The number of rotatable bonds is 7. The minimum absolute atomic E-state index is 0.216. The lowest BCUT2D eigenvalue weighted by Crippen LogP contribution is -2.41. The fraction of sp³-hybridized carbons (Fsp3) is 0.750. The van der Waals surface area contributed by atoms with E-state index in [4.69, 9.17) is 4.74 Å².